The normalized spacial score (nSPS) is 13.5. The van der Waals surface area contributed by atoms with Gasteiger partial charge < -0.3 is 9.47 Å². The second kappa shape index (κ2) is 9.67. The number of carbonyl (C=O) groups excluding carboxylic acids is 2. The zero-order chi connectivity index (χ0) is 24.3. The Morgan fingerprint density at radius 1 is 0.941 bits per heavy atom. The van der Waals surface area contributed by atoms with Crippen LogP contribution in [0.2, 0.25) is 0 Å². The van der Waals surface area contributed by atoms with Gasteiger partial charge in [0.1, 0.15) is 18.2 Å². The van der Waals surface area contributed by atoms with Crippen molar-refractivity contribution in [2.24, 2.45) is 0 Å². The first kappa shape index (κ1) is 23.5. The van der Waals surface area contributed by atoms with E-state index >= 15 is 0 Å². The van der Waals surface area contributed by atoms with E-state index in [-0.39, 0.29) is 18.9 Å². The molecule has 1 heterocycles. The average Bonchev–Trinajstić information content (AvgIpc) is 3.14. The second-order valence-corrected chi connectivity index (χ2v) is 9.49. The van der Waals surface area contributed by atoms with Crippen molar-refractivity contribution in [3.05, 3.63) is 89.7 Å². The van der Waals surface area contributed by atoms with Crippen molar-refractivity contribution >= 4 is 12.1 Å². The molecule has 3 aromatic rings. The number of fused-ring (bicyclic) bond motifs is 3. The van der Waals surface area contributed by atoms with E-state index in [0.29, 0.717) is 5.69 Å². The highest BCUT2D eigenvalue weighted by Crippen LogP contribution is 2.44. The molecule has 1 unspecified atom stereocenters. The number of aromatic nitrogens is 1. The van der Waals surface area contributed by atoms with Crippen molar-refractivity contribution in [2.45, 2.75) is 44.8 Å². The lowest BCUT2D eigenvalue weighted by molar-refractivity contribution is -0.160. The number of ether oxygens (including phenoxy) is 2. The number of pyridine rings is 1. The maximum atomic E-state index is 13.1. The number of hydrogen-bond acceptors (Lipinski definition) is 5. The molecule has 0 N–H and O–H groups in total. The minimum Gasteiger partial charge on any atom is -0.458 e. The van der Waals surface area contributed by atoms with Crippen molar-refractivity contribution in [3.8, 4) is 11.1 Å². The summed E-state index contributed by atoms with van der Waals surface area (Å²) in [4.78, 5) is 31.7. The Morgan fingerprint density at radius 3 is 2.09 bits per heavy atom. The van der Waals surface area contributed by atoms with Crippen LogP contribution in [0.3, 0.4) is 0 Å². The molecule has 0 bridgehead atoms. The number of hydrogen-bond donors (Lipinski definition) is 0. The highest BCUT2D eigenvalue weighted by Gasteiger charge is 2.34. The number of amides is 1. The Kier molecular flexibility index (Phi) is 6.68. The van der Waals surface area contributed by atoms with Crippen LogP contribution in [0.15, 0.2) is 72.9 Å². The summed E-state index contributed by atoms with van der Waals surface area (Å²) in [7, 11) is 1.57. The van der Waals surface area contributed by atoms with Crippen LogP contribution in [-0.4, -0.2) is 47.2 Å². The standard InChI is InChI=1S/C28H30N2O4/c1-28(2,3)34-26(31)25(17-19-11-9-10-16-29-19)30(4)27(32)33-18-24-22-14-7-5-12-20(22)21-13-6-8-15-23(21)24/h5-16,24-25H,17-18H2,1-4H3. The lowest BCUT2D eigenvalue weighted by Gasteiger charge is -2.29. The van der Waals surface area contributed by atoms with E-state index in [2.05, 4.69) is 29.2 Å². The topological polar surface area (TPSA) is 68.7 Å². The molecular weight excluding hydrogens is 428 g/mol. The quantitative estimate of drug-likeness (QED) is 0.474. The summed E-state index contributed by atoms with van der Waals surface area (Å²) in [6, 6.07) is 21.0. The Hall–Kier alpha value is -3.67. The van der Waals surface area contributed by atoms with Gasteiger partial charge in [-0.3, -0.25) is 9.88 Å². The van der Waals surface area contributed by atoms with Crippen LogP contribution in [-0.2, 0) is 20.7 Å². The number of rotatable bonds is 6. The molecule has 1 aromatic heterocycles. The maximum Gasteiger partial charge on any atom is 0.410 e. The number of benzene rings is 2. The molecule has 176 valence electrons. The van der Waals surface area contributed by atoms with Gasteiger partial charge in [-0.05, 0) is 55.2 Å². The van der Waals surface area contributed by atoms with Gasteiger partial charge >= 0.3 is 12.1 Å². The second-order valence-electron chi connectivity index (χ2n) is 9.49. The number of esters is 1. The van der Waals surface area contributed by atoms with Gasteiger partial charge in [0.25, 0.3) is 0 Å². The van der Waals surface area contributed by atoms with Crippen molar-refractivity contribution in [1.29, 1.82) is 0 Å². The van der Waals surface area contributed by atoms with Crippen LogP contribution in [0.1, 0.15) is 43.5 Å². The predicted octanol–water partition coefficient (Wildman–Crippen LogP) is 5.22. The third-order valence-corrected chi connectivity index (χ3v) is 5.90. The minimum absolute atomic E-state index is 0.0551. The SMILES string of the molecule is CN(C(=O)OCC1c2ccccc2-c2ccccc21)C(Cc1ccccn1)C(=O)OC(C)(C)C. The smallest absolute Gasteiger partial charge is 0.410 e. The van der Waals surface area contributed by atoms with Gasteiger partial charge in [0.05, 0.1) is 0 Å². The van der Waals surface area contributed by atoms with Gasteiger partial charge in [0.2, 0.25) is 0 Å². The largest absolute Gasteiger partial charge is 0.458 e. The molecule has 0 spiro atoms. The maximum absolute atomic E-state index is 13.1. The van der Waals surface area contributed by atoms with E-state index in [1.165, 1.54) is 4.90 Å². The van der Waals surface area contributed by atoms with Crippen LogP contribution in [0.4, 0.5) is 4.79 Å². The first-order valence-corrected chi connectivity index (χ1v) is 11.4. The van der Waals surface area contributed by atoms with Crippen molar-refractivity contribution in [2.75, 3.05) is 13.7 Å². The Bertz CT molecular complexity index is 1120. The summed E-state index contributed by atoms with van der Waals surface area (Å²) in [5.74, 6) is -0.547. The summed E-state index contributed by atoms with van der Waals surface area (Å²) in [5.41, 5.74) is 4.61. The molecular formula is C28H30N2O4. The minimum atomic E-state index is -0.857. The lowest BCUT2D eigenvalue weighted by atomic mass is 9.98. The fraction of sp³-hybridized carbons (Fsp3) is 0.321. The van der Waals surface area contributed by atoms with Crippen molar-refractivity contribution in [1.82, 2.24) is 9.88 Å². The molecule has 0 saturated heterocycles. The Balaban J connectivity index is 1.51. The third-order valence-electron chi connectivity index (χ3n) is 5.90. The Labute approximate surface area is 200 Å². The molecule has 1 amide bonds. The number of carbonyl (C=O) groups is 2. The van der Waals surface area contributed by atoms with Gasteiger partial charge in [-0.2, -0.15) is 0 Å². The van der Waals surface area contributed by atoms with Crippen molar-refractivity contribution < 1.29 is 19.1 Å². The fourth-order valence-corrected chi connectivity index (χ4v) is 4.29. The van der Waals surface area contributed by atoms with Crippen LogP contribution in [0.5, 0.6) is 0 Å². The van der Waals surface area contributed by atoms with Crippen LogP contribution >= 0.6 is 0 Å². The van der Waals surface area contributed by atoms with Gasteiger partial charge in [-0.15, -0.1) is 0 Å². The summed E-state index contributed by atoms with van der Waals surface area (Å²) in [6.07, 6.45) is 1.32. The molecule has 4 rings (SSSR count). The van der Waals surface area contributed by atoms with Gasteiger partial charge in [0.15, 0.2) is 0 Å². The highest BCUT2D eigenvalue weighted by atomic mass is 16.6. The van der Waals surface area contributed by atoms with Gasteiger partial charge in [-0.1, -0.05) is 54.6 Å². The highest BCUT2D eigenvalue weighted by molar-refractivity contribution is 5.82. The summed E-state index contributed by atoms with van der Waals surface area (Å²) in [6.45, 7) is 5.59. The van der Waals surface area contributed by atoms with E-state index in [0.717, 1.165) is 22.3 Å². The van der Waals surface area contributed by atoms with E-state index in [9.17, 15) is 9.59 Å². The first-order valence-electron chi connectivity index (χ1n) is 11.4. The molecule has 0 radical (unpaired) electrons. The van der Waals surface area contributed by atoms with Gasteiger partial charge in [-0.25, -0.2) is 9.59 Å². The van der Waals surface area contributed by atoms with E-state index in [1.807, 2.05) is 36.4 Å². The number of nitrogens with zero attached hydrogens (tertiary/aromatic N) is 2. The van der Waals surface area contributed by atoms with E-state index < -0.39 is 23.7 Å². The molecule has 0 saturated carbocycles. The Morgan fingerprint density at radius 2 is 1.53 bits per heavy atom. The summed E-state index contributed by atoms with van der Waals surface area (Å²) >= 11 is 0. The van der Waals surface area contributed by atoms with E-state index in [4.69, 9.17) is 9.47 Å². The van der Waals surface area contributed by atoms with Crippen molar-refractivity contribution in [3.63, 3.8) is 0 Å². The lowest BCUT2D eigenvalue weighted by Crippen LogP contribution is -2.47. The summed E-state index contributed by atoms with van der Waals surface area (Å²) < 4.78 is 11.4. The zero-order valence-corrected chi connectivity index (χ0v) is 20.0. The molecule has 6 nitrogen and oxygen atoms in total. The van der Waals surface area contributed by atoms with E-state index in [1.54, 1.807) is 40.1 Å². The summed E-state index contributed by atoms with van der Waals surface area (Å²) in [5, 5.41) is 0. The zero-order valence-electron chi connectivity index (χ0n) is 20.0. The first-order chi connectivity index (χ1) is 16.2. The fourth-order valence-electron chi connectivity index (χ4n) is 4.29. The molecule has 1 aliphatic rings. The molecule has 34 heavy (non-hydrogen) atoms. The molecule has 6 heteroatoms. The average molecular weight is 459 g/mol. The monoisotopic (exact) mass is 458 g/mol. The van der Waals surface area contributed by atoms with Crippen LogP contribution in [0.25, 0.3) is 11.1 Å². The molecule has 2 aromatic carbocycles. The molecule has 0 fully saturated rings. The van der Waals surface area contributed by atoms with Gasteiger partial charge in [0, 0.05) is 31.3 Å². The molecule has 0 aliphatic heterocycles. The molecule has 1 atom stereocenters. The van der Waals surface area contributed by atoms with Crippen LogP contribution in [0, 0.1) is 0 Å². The van der Waals surface area contributed by atoms with Crippen LogP contribution < -0.4 is 0 Å². The number of likely N-dealkylation sites (N-methyl/N-ethyl adjacent to an activating group) is 1. The third kappa shape index (κ3) is 5.11. The molecule has 1 aliphatic carbocycles. The predicted molar refractivity (Wildman–Crippen MR) is 130 cm³/mol.